The normalized spacial score (nSPS) is 11.8. The Labute approximate surface area is 109 Å². The summed E-state index contributed by atoms with van der Waals surface area (Å²) in [5, 5.41) is 9.46. The van der Waals surface area contributed by atoms with E-state index in [9.17, 15) is 9.90 Å². The number of aromatic hydroxyl groups is 1. The van der Waals surface area contributed by atoms with Crippen LogP contribution in [0.3, 0.4) is 0 Å². The molecule has 0 fully saturated rings. The lowest BCUT2D eigenvalue weighted by atomic mass is 10.2. The lowest BCUT2D eigenvalue weighted by Crippen LogP contribution is -2.09. The maximum atomic E-state index is 11.7. The maximum Gasteiger partial charge on any atom is 0.362 e. The number of carbonyl (C=O) groups excluding carboxylic acids is 1. The second-order valence-corrected chi connectivity index (χ2v) is 3.90. The summed E-state index contributed by atoms with van der Waals surface area (Å²) in [6, 6.07) is 11.8. The van der Waals surface area contributed by atoms with E-state index in [0.29, 0.717) is 5.56 Å². The van der Waals surface area contributed by atoms with E-state index >= 15 is 0 Å². The molecule has 0 bridgehead atoms. The molecule has 1 aromatic heterocycles. The number of esters is 1. The molecule has 0 amide bonds. The van der Waals surface area contributed by atoms with Crippen molar-refractivity contribution in [3.63, 3.8) is 0 Å². The van der Waals surface area contributed by atoms with Crippen LogP contribution in [-0.2, 0) is 4.74 Å². The molecule has 2 aromatic rings. The molecule has 0 aliphatic rings. The average molecular weight is 264 g/mol. The molecule has 0 aliphatic carbocycles. The van der Waals surface area contributed by atoms with Crippen LogP contribution in [-0.4, -0.2) is 16.1 Å². The first-order chi connectivity index (χ1) is 8.68. The number of hydrogen-bond donors (Lipinski definition) is 1. The second kappa shape index (κ2) is 5.51. The van der Waals surface area contributed by atoms with Crippen molar-refractivity contribution in [2.75, 3.05) is 0 Å². The van der Waals surface area contributed by atoms with Gasteiger partial charge in [-0.05, 0) is 12.1 Å². The van der Waals surface area contributed by atoms with Crippen LogP contribution in [0.1, 0.15) is 21.6 Å². The predicted octanol–water partition coefficient (Wildman–Crippen LogP) is 2.88. The zero-order valence-corrected chi connectivity index (χ0v) is 10.0. The van der Waals surface area contributed by atoms with E-state index in [0.717, 1.165) is 0 Å². The van der Waals surface area contributed by atoms with Crippen LogP contribution in [0.15, 0.2) is 48.7 Å². The minimum atomic E-state index is -0.917. The fraction of sp³-hybridized carbons (Fsp3) is 0.0769. The van der Waals surface area contributed by atoms with Crippen molar-refractivity contribution < 1.29 is 14.6 Å². The Morgan fingerprint density at radius 1 is 1.22 bits per heavy atom. The number of aromatic nitrogens is 1. The largest absolute Gasteiger partial charge is 0.505 e. The van der Waals surface area contributed by atoms with E-state index in [1.807, 2.05) is 6.07 Å². The summed E-state index contributed by atoms with van der Waals surface area (Å²) in [5.74, 6) is -1.00. The van der Waals surface area contributed by atoms with Crippen molar-refractivity contribution in [1.29, 1.82) is 0 Å². The van der Waals surface area contributed by atoms with Gasteiger partial charge in [0.1, 0.15) is 5.75 Å². The number of hydrogen-bond acceptors (Lipinski definition) is 4. The van der Waals surface area contributed by atoms with Crippen LogP contribution in [0.4, 0.5) is 0 Å². The van der Waals surface area contributed by atoms with Crippen molar-refractivity contribution in [3.05, 3.63) is 59.9 Å². The van der Waals surface area contributed by atoms with Crippen LogP contribution >= 0.6 is 11.6 Å². The summed E-state index contributed by atoms with van der Waals surface area (Å²) in [6.45, 7) is 0. The van der Waals surface area contributed by atoms with E-state index in [1.165, 1.54) is 18.3 Å². The zero-order valence-electron chi connectivity index (χ0n) is 9.29. The summed E-state index contributed by atoms with van der Waals surface area (Å²) < 4.78 is 5.01. The molecule has 5 heteroatoms. The number of ether oxygens (including phenoxy) is 1. The summed E-state index contributed by atoms with van der Waals surface area (Å²) in [6.07, 6.45) is 1.39. The van der Waals surface area contributed by atoms with Crippen molar-refractivity contribution in [3.8, 4) is 5.75 Å². The third-order valence-corrected chi connectivity index (χ3v) is 2.59. The highest BCUT2D eigenvalue weighted by Gasteiger charge is 2.18. The fourth-order valence-electron chi connectivity index (χ4n) is 1.38. The third kappa shape index (κ3) is 2.78. The van der Waals surface area contributed by atoms with Gasteiger partial charge in [0.2, 0.25) is 5.56 Å². The van der Waals surface area contributed by atoms with Gasteiger partial charge in [0, 0.05) is 11.8 Å². The first kappa shape index (κ1) is 12.4. The summed E-state index contributed by atoms with van der Waals surface area (Å²) in [4.78, 5) is 15.5. The number of halogens is 1. The molecule has 92 valence electrons. The van der Waals surface area contributed by atoms with Gasteiger partial charge in [0.25, 0.3) is 0 Å². The average Bonchev–Trinajstić information content (AvgIpc) is 2.40. The molecule has 0 saturated heterocycles. The number of pyridine rings is 1. The summed E-state index contributed by atoms with van der Waals surface area (Å²) in [7, 11) is 0. The summed E-state index contributed by atoms with van der Waals surface area (Å²) in [5.41, 5.74) is -0.415. The molecule has 1 atom stereocenters. The Balaban J connectivity index is 2.11. The Bertz CT molecular complexity index is 545. The number of alkyl halides is 1. The smallest absolute Gasteiger partial charge is 0.362 e. The van der Waals surface area contributed by atoms with Gasteiger partial charge in [-0.3, -0.25) is 0 Å². The topological polar surface area (TPSA) is 59.4 Å². The number of rotatable bonds is 3. The van der Waals surface area contributed by atoms with Gasteiger partial charge in [-0.2, -0.15) is 0 Å². The summed E-state index contributed by atoms with van der Waals surface area (Å²) >= 11 is 5.95. The molecule has 0 aliphatic heterocycles. The Morgan fingerprint density at radius 2 is 1.94 bits per heavy atom. The SMILES string of the molecule is O=C(OC(Cl)c1ccccc1)c1ncccc1O. The highest BCUT2D eigenvalue weighted by molar-refractivity contribution is 6.20. The highest BCUT2D eigenvalue weighted by Crippen LogP contribution is 2.24. The molecular weight excluding hydrogens is 254 g/mol. The second-order valence-electron chi connectivity index (χ2n) is 3.50. The van der Waals surface area contributed by atoms with Crippen molar-refractivity contribution in [2.45, 2.75) is 5.56 Å². The number of benzene rings is 1. The van der Waals surface area contributed by atoms with E-state index in [4.69, 9.17) is 16.3 Å². The molecule has 18 heavy (non-hydrogen) atoms. The van der Waals surface area contributed by atoms with Crippen LogP contribution < -0.4 is 0 Å². The van der Waals surface area contributed by atoms with E-state index in [1.54, 1.807) is 24.3 Å². The molecule has 2 rings (SSSR count). The molecule has 0 saturated carbocycles. The fourth-order valence-corrected chi connectivity index (χ4v) is 1.60. The number of nitrogens with zero attached hydrogens (tertiary/aromatic N) is 1. The van der Waals surface area contributed by atoms with Gasteiger partial charge in [-0.25, -0.2) is 9.78 Å². The monoisotopic (exact) mass is 263 g/mol. The Hall–Kier alpha value is -2.07. The van der Waals surface area contributed by atoms with Gasteiger partial charge in [0.15, 0.2) is 5.69 Å². The van der Waals surface area contributed by atoms with Gasteiger partial charge < -0.3 is 9.84 Å². The van der Waals surface area contributed by atoms with E-state index in [-0.39, 0.29) is 11.4 Å². The first-order valence-electron chi connectivity index (χ1n) is 5.22. The van der Waals surface area contributed by atoms with Gasteiger partial charge >= 0.3 is 5.97 Å². The quantitative estimate of drug-likeness (QED) is 0.683. The van der Waals surface area contributed by atoms with Gasteiger partial charge in [0.05, 0.1) is 0 Å². The standard InChI is InChI=1S/C13H10ClNO3/c14-12(9-5-2-1-3-6-9)18-13(17)11-10(16)7-4-8-15-11/h1-8,12,16H. The minimum absolute atomic E-state index is 0.154. The molecule has 0 radical (unpaired) electrons. The van der Waals surface area contributed by atoms with Gasteiger partial charge in [-0.15, -0.1) is 0 Å². The van der Waals surface area contributed by atoms with E-state index in [2.05, 4.69) is 4.98 Å². The van der Waals surface area contributed by atoms with Crippen molar-refractivity contribution >= 4 is 17.6 Å². The maximum absolute atomic E-state index is 11.7. The van der Waals surface area contributed by atoms with Crippen LogP contribution in [0.5, 0.6) is 5.75 Å². The first-order valence-corrected chi connectivity index (χ1v) is 5.66. The molecule has 0 spiro atoms. The van der Waals surface area contributed by atoms with Crippen molar-refractivity contribution in [1.82, 2.24) is 4.98 Å². The molecule has 1 heterocycles. The predicted molar refractivity (Wildman–Crippen MR) is 66.4 cm³/mol. The van der Waals surface area contributed by atoms with Gasteiger partial charge in [-0.1, -0.05) is 41.9 Å². The molecule has 1 N–H and O–H groups in total. The lowest BCUT2D eigenvalue weighted by molar-refractivity contribution is 0.0435. The molecule has 1 unspecified atom stereocenters. The van der Waals surface area contributed by atoms with Crippen LogP contribution in [0, 0.1) is 0 Å². The van der Waals surface area contributed by atoms with Crippen LogP contribution in [0.2, 0.25) is 0 Å². The van der Waals surface area contributed by atoms with E-state index < -0.39 is 11.5 Å². The number of carbonyl (C=O) groups is 1. The highest BCUT2D eigenvalue weighted by atomic mass is 35.5. The molecule has 1 aromatic carbocycles. The molecule has 4 nitrogen and oxygen atoms in total. The zero-order chi connectivity index (χ0) is 13.0. The third-order valence-electron chi connectivity index (χ3n) is 2.25. The molecular formula is C13H10ClNO3. The minimum Gasteiger partial charge on any atom is -0.505 e. The van der Waals surface area contributed by atoms with Crippen LogP contribution in [0.25, 0.3) is 0 Å². The Kier molecular flexibility index (Phi) is 3.79. The lowest BCUT2D eigenvalue weighted by Gasteiger charge is -2.11. The Morgan fingerprint density at radius 3 is 2.61 bits per heavy atom. The van der Waals surface area contributed by atoms with Crippen molar-refractivity contribution in [2.24, 2.45) is 0 Å².